The van der Waals surface area contributed by atoms with Gasteiger partial charge in [0.05, 0.1) is 5.56 Å². The third-order valence-electron chi connectivity index (χ3n) is 3.82. The van der Waals surface area contributed by atoms with Gasteiger partial charge >= 0.3 is 0 Å². The maximum Gasteiger partial charge on any atom is 0.257 e. The van der Waals surface area contributed by atoms with E-state index < -0.39 is 0 Å². The van der Waals surface area contributed by atoms with E-state index in [2.05, 4.69) is 11.9 Å². The van der Waals surface area contributed by atoms with Gasteiger partial charge in [0.15, 0.2) is 0 Å². The molecule has 0 saturated heterocycles. The lowest BCUT2D eigenvalue weighted by molar-refractivity contribution is 0.0735. The normalized spacial score (nSPS) is 16.5. The topological polar surface area (TPSA) is 41.6 Å². The van der Waals surface area contributed by atoms with E-state index in [1.807, 2.05) is 55.5 Å². The van der Waals surface area contributed by atoms with E-state index in [1.54, 1.807) is 11.9 Å². The lowest BCUT2D eigenvalue weighted by Crippen LogP contribution is -2.40. The summed E-state index contributed by atoms with van der Waals surface area (Å²) in [6.07, 6.45) is -0.217. The molecule has 4 heteroatoms. The number of hydrogen-bond acceptors (Lipinski definition) is 3. The van der Waals surface area contributed by atoms with Gasteiger partial charge < -0.3 is 15.0 Å². The Kier molecular flexibility index (Phi) is 4.06. The largest absolute Gasteiger partial charge is 0.489 e. The fraction of sp³-hybridized carbons (Fsp3) is 0.211. The second kappa shape index (κ2) is 6.16. The number of ether oxygens (including phenoxy) is 1. The van der Waals surface area contributed by atoms with E-state index in [-0.39, 0.29) is 12.1 Å². The minimum absolute atomic E-state index is 0.0117. The molecule has 1 atom stereocenters. The Bertz CT molecular complexity index is 755. The molecule has 4 nitrogen and oxygen atoms in total. The highest BCUT2D eigenvalue weighted by Gasteiger charge is 2.29. The quantitative estimate of drug-likeness (QED) is 0.873. The third kappa shape index (κ3) is 3.06. The van der Waals surface area contributed by atoms with Gasteiger partial charge in [0.1, 0.15) is 18.5 Å². The summed E-state index contributed by atoms with van der Waals surface area (Å²) in [7, 11) is 1.80. The smallest absolute Gasteiger partial charge is 0.257 e. The average molecular weight is 308 g/mol. The minimum Gasteiger partial charge on any atom is -0.489 e. The average Bonchev–Trinajstić information content (AvgIpc) is 2.56. The van der Waals surface area contributed by atoms with Crippen LogP contribution in [0.2, 0.25) is 0 Å². The fourth-order valence-corrected chi connectivity index (χ4v) is 2.63. The molecular formula is C19H20N2O2. The van der Waals surface area contributed by atoms with Crippen LogP contribution in [0.1, 0.15) is 29.0 Å². The molecule has 0 aliphatic carbocycles. The Balaban J connectivity index is 1.89. The van der Waals surface area contributed by atoms with Gasteiger partial charge in [-0.05, 0) is 42.3 Å². The molecule has 2 aromatic rings. The van der Waals surface area contributed by atoms with Gasteiger partial charge in [-0.1, -0.05) is 30.8 Å². The molecule has 23 heavy (non-hydrogen) atoms. The van der Waals surface area contributed by atoms with Crippen molar-refractivity contribution >= 4 is 11.6 Å². The molecule has 0 radical (unpaired) electrons. The highest BCUT2D eigenvalue weighted by Crippen LogP contribution is 2.32. The van der Waals surface area contributed by atoms with Crippen LogP contribution in [-0.4, -0.2) is 24.5 Å². The molecule has 3 rings (SSSR count). The number of benzene rings is 2. The van der Waals surface area contributed by atoms with Crippen molar-refractivity contribution < 1.29 is 9.53 Å². The van der Waals surface area contributed by atoms with Crippen LogP contribution < -0.4 is 10.1 Å². The first-order valence-corrected chi connectivity index (χ1v) is 7.56. The molecule has 0 spiro atoms. The summed E-state index contributed by atoms with van der Waals surface area (Å²) in [5.41, 5.74) is 3.50. The SMILES string of the molecule is C=C(C)COc1cccc(C2Nc3ccccc3C(=O)N2C)c1. The summed E-state index contributed by atoms with van der Waals surface area (Å²) in [6, 6.07) is 15.3. The molecular weight excluding hydrogens is 288 g/mol. The molecule has 1 unspecified atom stereocenters. The Morgan fingerprint density at radius 1 is 1.26 bits per heavy atom. The molecule has 1 N–H and O–H groups in total. The van der Waals surface area contributed by atoms with Crippen LogP contribution in [-0.2, 0) is 0 Å². The molecule has 1 aliphatic rings. The summed E-state index contributed by atoms with van der Waals surface area (Å²) in [5, 5.41) is 3.42. The van der Waals surface area contributed by atoms with Crippen molar-refractivity contribution in [2.75, 3.05) is 19.0 Å². The van der Waals surface area contributed by atoms with Crippen LogP contribution in [0.3, 0.4) is 0 Å². The highest BCUT2D eigenvalue weighted by molar-refractivity contribution is 6.01. The molecule has 2 aromatic carbocycles. The van der Waals surface area contributed by atoms with Gasteiger partial charge in [0.2, 0.25) is 0 Å². The Labute approximate surface area is 136 Å². The van der Waals surface area contributed by atoms with Crippen molar-refractivity contribution in [1.82, 2.24) is 4.90 Å². The van der Waals surface area contributed by atoms with E-state index in [9.17, 15) is 4.79 Å². The Morgan fingerprint density at radius 3 is 2.83 bits per heavy atom. The number of rotatable bonds is 4. The van der Waals surface area contributed by atoms with Crippen LogP contribution in [0.5, 0.6) is 5.75 Å². The van der Waals surface area contributed by atoms with E-state index in [0.29, 0.717) is 12.2 Å². The molecule has 0 aromatic heterocycles. The zero-order valence-electron chi connectivity index (χ0n) is 13.4. The van der Waals surface area contributed by atoms with Gasteiger partial charge in [0, 0.05) is 12.7 Å². The van der Waals surface area contributed by atoms with Crippen molar-refractivity contribution in [2.24, 2.45) is 0 Å². The lowest BCUT2D eigenvalue weighted by Gasteiger charge is -2.35. The van der Waals surface area contributed by atoms with Gasteiger partial charge in [-0.15, -0.1) is 0 Å². The Hall–Kier alpha value is -2.75. The minimum atomic E-state index is -0.217. The van der Waals surface area contributed by atoms with Crippen molar-refractivity contribution in [1.29, 1.82) is 0 Å². The number of hydrogen-bond donors (Lipinski definition) is 1. The van der Waals surface area contributed by atoms with E-state index in [0.717, 1.165) is 22.6 Å². The first kappa shape index (κ1) is 15.2. The second-order valence-corrected chi connectivity index (χ2v) is 5.83. The van der Waals surface area contributed by atoms with Crippen LogP contribution in [0.25, 0.3) is 0 Å². The number of amides is 1. The maximum absolute atomic E-state index is 12.5. The molecule has 0 saturated carbocycles. The van der Waals surface area contributed by atoms with E-state index in [1.165, 1.54) is 0 Å². The number of nitrogens with zero attached hydrogens (tertiary/aromatic N) is 1. The van der Waals surface area contributed by atoms with Crippen molar-refractivity contribution in [3.8, 4) is 5.75 Å². The number of nitrogens with one attached hydrogen (secondary N) is 1. The fourth-order valence-electron chi connectivity index (χ4n) is 2.63. The molecule has 118 valence electrons. The predicted molar refractivity (Wildman–Crippen MR) is 91.7 cm³/mol. The monoisotopic (exact) mass is 308 g/mol. The highest BCUT2D eigenvalue weighted by atomic mass is 16.5. The summed E-state index contributed by atoms with van der Waals surface area (Å²) < 4.78 is 5.70. The van der Waals surface area contributed by atoms with Crippen LogP contribution in [0.15, 0.2) is 60.7 Å². The Morgan fingerprint density at radius 2 is 2.04 bits per heavy atom. The number of carbonyl (C=O) groups is 1. The standard InChI is InChI=1S/C19H20N2O2/c1-13(2)12-23-15-8-6-7-14(11-15)18-20-17-10-5-4-9-16(17)19(22)21(18)3/h4-11,18,20H,1,12H2,2-3H3. The zero-order valence-corrected chi connectivity index (χ0v) is 13.4. The van der Waals surface area contributed by atoms with Crippen LogP contribution in [0.4, 0.5) is 5.69 Å². The summed E-state index contributed by atoms with van der Waals surface area (Å²) >= 11 is 0. The summed E-state index contributed by atoms with van der Waals surface area (Å²) in [5.74, 6) is 0.782. The van der Waals surface area contributed by atoms with Gasteiger partial charge in [0.25, 0.3) is 5.91 Å². The van der Waals surface area contributed by atoms with E-state index in [4.69, 9.17) is 4.74 Å². The molecule has 1 amide bonds. The molecule has 1 aliphatic heterocycles. The van der Waals surface area contributed by atoms with Crippen molar-refractivity contribution in [2.45, 2.75) is 13.1 Å². The maximum atomic E-state index is 12.5. The number of fused-ring (bicyclic) bond motifs is 1. The van der Waals surface area contributed by atoms with Gasteiger partial charge in [-0.25, -0.2) is 0 Å². The number of anilines is 1. The molecule has 0 fully saturated rings. The first-order valence-electron chi connectivity index (χ1n) is 7.56. The van der Waals surface area contributed by atoms with E-state index >= 15 is 0 Å². The van der Waals surface area contributed by atoms with Gasteiger partial charge in [-0.3, -0.25) is 4.79 Å². The number of carbonyl (C=O) groups excluding carboxylic acids is 1. The number of para-hydroxylation sites is 1. The molecule has 0 bridgehead atoms. The predicted octanol–water partition coefficient (Wildman–Crippen LogP) is 3.84. The second-order valence-electron chi connectivity index (χ2n) is 5.83. The van der Waals surface area contributed by atoms with Crippen LogP contribution in [0, 0.1) is 0 Å². The first-order chi connectivity index (χ1) is 11.1. The summed E-state index contributed by atoms with van der Waals surface area (Å²) in [4.78, 5) is 14.3. The van der Waals surface area contributed by atoms with Crippen molar-refractivity contribution in [3.05, 3.63) is 71.8 Å². The molecule has 1 heterocycles. The third-order valence-corrected chi connectivity index (χ3v) is 3.82. The van der Waals surface area contributed by atoms with Gasteiger partial charge in [-0.2, -0.15) is 0 Å². The lowest BCUT2D eigenvalue weighted by atomic mass is 10.0. The van der Waals surface area contributed by atoms with Crippen LogP contribution >= 0.6 is 0 Å². The van der Waals surface area contributed by atoms with Crippen molar-refractivity contribution in [3.63, 3.8) is 0 Å². The zero-order chi connectivity index (χ0) is 16.4. The summed E-state index contributed by atoms with van der Waals surface area (Å²) in [6.45, 7) is 6.25.